The van der Waals surface area contributed by atoms with Gasteiger partial charge in [0, 0.05) is 54.5 Å². The number of amides is 1. The van der Waals surface area contributed by atoms with Crippen LogP contribution in [0.2, 0.25) is 0 Å². The number of benzene rings is 1. The number of carbonyl (C=O) groups is 1. The van der Waals surface area contributed by atoms with Gasteiger partial charge in [0.05, 0.1) is 6.20 Å². The van der Waals surface area contributed by atoms with Gasteiger partial charge in [0.15, 0.2) is 0 Å². The van der Waals surface area contributed by atoms with Gasteiger partial charge in [-0.2, -0.15) is 5.10 Å². The Kier molecular flexibility index (Phi) is 4.38. The Balaban J connectivity index is 1.58. The van der Waals surface area contributed by atoms with Crippen LogP contribution in [-0.2, 0) is 7.05 Å². The number of hydrogen-bond acceptors (Lipinski definition) is 4. The van der Waals surface area contributed by atoms with Crippen molar-refractivity contribution in [2.45, 2.75) is 26.7 Å². The third-order valence-corrected chi connectivity index (χ3v) is 6.34. The molecule has 0 N–H and O–H groups in total. The van der Waals surface area contributed by atoms with Gasteiger partial charge in [0.25, 0.3) is 5.91 Å². The standard InChI is InChI=1S/C21H24N4OS/c1-14-12-27-19(23-14)15-6-5-7-16(8-15)20(26)25-11-18(21(2,3)13-25)17-9-22-24(4)10-17/h5-10,12,18H,11,13H2,1-4H3. The number of rotatable bonds is 3. The Morgan fingerprint density at radius 1 is 1.33 bits per heavy atom. The van der Waals surface area contributed by atoms with Crippen LogP contribution in [0, 0.1) is 12.3 Å². The molecule has 3 aromatic rings. The van der Waals surface area contributed by atoms with Gasteiger partial charge in [-0.1, -0.05) is 26.0 Å². The van der Waals surface area contributed by atoms with Gasteiger partial charge in [-0.05, 0) is 30.0 Å². The highest BCUT2D eigenvalue weighted by Gasteiger charge is 2.42. The predicted molar refractivity (Wildman–Crippen MR) is 108 cm³/mol. The van der Waals surface area contributed by atoms with E-state index in [-0.39, 0.29) is 11.3 Å². The Hall–Kier alpha value is -2.47. The topological polar surface area (TPSA) is 51.0 Å². The Morgan fingerprint density at radius 3 is 2.81 bits per heavy atom. The van der Waals surface area contributed by atoms with Crippen molar-refractivity contribution >= 4 is 17.2 Å². The summed E-state index contributed by atoms with van der Waals surface area (Å²) in [6.45, 7) is 7.91. The number of thiazole rings is 1. The highest BCUT2D eigenvalue weighted by Crippen LogP contribution is 2.42. The van der Waals surface area contributed by atoms with Gasteiger partial charge in [-0.25, -0.2) is 4.98 Å². The van der Waals surface area contributed by atoms with Crippen LogP contribution in [0.3, 0.4) is 0 Å². The summed E-state index contributed by atoms with van der Waals surface area (Å²) in [6, 6.07) is 7.82. The van der Waals surface area contributed by atoms with Crippen LogP contribution in [-0.4, -0.2) is 38.7 Å². The quantitative estimate of drug-likeness (QED) is 0.687. The molecular weight excluding hydrogens is 356 g/mol. The van der Waals surface area contributed by atoms with Gasteiger partial charge in [-0.3, -0.25) is 9.48 Å². The average Bonchev–Trinajstić information content (AvgIpc) is 3.33. The fourth-order valence-corrected chi connectivity index (χ4v) is 4.71. The molecular formula is C21H24N4OS. The summed E-state index contributed by atoms with van der Waals surface area (Å²) in [5.41, 5.74) is 3.95. The number of hydrogen-bond donors (Lipinski definition) is 0. The molecule has 5 nitrogen and oxygen atoms in total. The van der Waals surface area contributed by atoms with Gasteiger partial charge in [0.2, 0.25) is 0 Å². The number of aromatic nitrogens is 3. The molecule has 4 rings (SSSR count). The van der Waals surface area contributed by atoms with E-state index in [1.54, 1.807) is 11.3 Å². The van der Waals surface area contributed by atoms with Crippen molar-refractivity contribution < 1.29 is 4.79 Å². The number of aryl methyl sites for hydroxylation is 2. The minimum Gasteiger partial charge on any atom is -0.337 e. The summed E-state index contributed by atoms with van der Waals surface area (Å²) < 4.78 is 1.83. The van der Waals surface area contributed by atoms with Crippen LogP contribution in [0.1, 0.15) is 41.4 Å². The van der Waals surface area contributed by atoms with E-state index in [4.69, 9.17) is 0 Å². The molecule has 1 fully saturated rings. The van der Waals surface area contributed by atoms with Gasteiger partial charge >= 0.3 is 0 Å². The maximum absolute atomic E-state index is 13.2. The lowest BCUT2D eigenvalue weighted by molar-refractivity contribution is 0.0778. The van der Waals surface area contributed by atoms with E-state index in [1.165, 1.54) is 5.56 Å². The van der Waals surface area contributed by atoms with Crippen molar-refractivity contribution in [3.63, 3.8) is 0 Å². The largest absolute Gasteiger partial charge is 0.337 e. The molecule has 6 heteroatoms. The maximum Gasteiger partial charge on any atom is 0.253 e. The second-order valence-electron chi connectivity index (χ2n) is 8.05. The summed E-state index contributed by atoms with van der Waals surface area (Å²) in [4.78, 5) is 19.7. The molecule has 0 aliphatic carbocycles. The van der Waals surface area contributed by atoms with E-state index < -0.39 is 0 Å². The highest BCUT2D eigenvalue weighted by atomic mass is 32.1. The lowest BCUT2D eigenvalue weighted by Crippen LogP contribution is -2.30. The zero-order chi connectivity index (χ0) is 19.2. The second-order valence-corrected chi connectivity index (χ2v) is 8.91. The molecule has 1 aliphatic heterocycles. The first-order chi connectivity index (χ1) is 12.8. The van der Waals surface area contributed by atoms with Crippen LogP contribution in [0.15, 0.2) is 42.0 Å². The number of nitrogens with zero attached hydrogens (tertiary/aromatic N) is 4. The lowest BCUT2D eigenvalue weighted by Gasteiger charge is -2.24. The molecule has 0 bridgehead atoms. The fourth-order valence-electron chi connectivity index (χ4n) is 3.92. The van der Waals surface area contributed by atoms with E-state index >= 15 is 0 Å². The van der Waals surface area contributed by atoms with Crippen molar-refractivity contribution in [1.29, 1.82) is 0 Å². The van der Waals surface area contributed by atoms with Crippen molar-refractivity contribution in [2.75, 3.05) is 13.1 Å². The number of likely N-dealkylation sites (tertiary alicyclic amines) is 1. The maximum atomic E-state index is 13.2. The van der Waals surface area contributed by atoms with Crippen LogP contribution in [0.5, 0.6) is 0 Å². The zero-order valence-corrected chi connectivity index (χ0v) is 17.0. The first-order valence-corrected chi connectivity index (χ1v) is 10.0. The Labute approximate surface area is 163 Å². The Bertz CT molecular complexity index is 987. The molecule has 1 atom stereocenters. The third-order valence-electron chi connectivity index (χ3n) is 5.33. The second kappa shape index (κ2) is 6.60. The summed E-state index contributed by atoms with van der Waals surface area (Å²) in [5.74, 6) is 0.379. The summed E-state index contributed by atoms with van der Waals surface area (Å²) in [5, 5.41) is 7.30. The van der Waals surface area contributed by atoms with Crippen LogP contribution in [0.4, 0.5) is 0 Å². The molecule has 1 amide bonds. The predicted octanol–water partition coefficient (Wildman–Crippen LogP) is 4.12. The van der Waals surface area contributed by atoms with Gasteiger partial charge in [-0.15, -0.1) is 11.3 Å². The summed E-state index contributed by atoms with van der Waals surface area (Å²) in [6.07, 6.45) is 3.98. The molecule has 1 aromatic carbocycles. The van der Waals surface area contributed by atoms with Gasteiger partial charge in [0.1, 0.15) is 5.01 Å². The smallest absolute Gasteiger partial charge is 0.253 e. The molecule has 3 heterocycles. The molecule has 27 heavy (non-hydrogen) atoms. The fraction of sp³-hybridized carbons (Fsp3) is 0.381. The van der Waals surface area contributed by atoms with Crippen LogP contribution >= 0.6 is 11.3 Å². The monoisotopic (exact) mass is 380 g/mol. The van der Waals surface area contributed by atoms with Gasteiger partial charge < -0.3 is 4.90 Å². The average molecular weight is 381 g/mol. The van der Waals surface area contributed by atoms with Crippen molar-refractivity contribution in [1.82, 2.24) is 19.7 Å². The molecule has 1 unspecified atom stereocenters. The molecule has 0 spiro atoms. The van der Waals surface area contributed by atoms with Crippen molar-refractivity contribution in [2.24, 2.45) is 12.5 Å². The third kappa shape index (κ3) is 3.41. The minimum absolute atomic E-state index is 0.0166. The molecule has 1 saturated heterocycles. The zero-order valence-electron chi connectivity index (χ0n) is 16.1. The molecule has 140 valence electrons. The van der Waals surface area contributed by atoms with Crippen LogP contribution < -0.4 is 0 Å². The first kappa shape index (κ1) is 17.9. The Morgan fingerprint density at radius 2 is 2.15 bits per heavy atom. The van der Waals surface area contributed by atoms with E-state index in [0.717, 1.165) is 34.9 Å². The van der Waals surface area contributed by atoms with Crippen molar-refractivity contribution in [3.8, 4) is 10.6 Å². The van der Waals surface area contributed by atoms with Crippen molar-refractivity contribution in [3.05, 3.63) is 58.9 Å². The van der Waals surface area contributed by atoms with E-state index in [9.17, 15) is 4.79 Å². The molecule has 0 saturated carbocycles. The van der Waals surface area contributed by atoms with Crippen LogP contribution in [0.25, 0.3) is 10.6 Å². The lowest BCUT2D eigenvalue weighted by atomic mass is 9.79. The SMILES string of the molecule is Cc1csc(-c2cccc(C(=O)N3CC(c4cnn(C)c4)C(C)(C)C3)c2)n1. The summed E-state index contributed by atoms with van der Waals surface area (Å²) >= 11 is 1.61. The normalized spacial score (nSPS) is 18.8. The van der Waals surface area contributed by atoms with E-state index in [2.05, 4.69) is 30.1 Å². The molecule has 1 aliphatic rings. The number of carbonyl (C=O) groups excluding carboxylic acids is 1. The molecule has 2 aromatic heterocycles. The molecule has 0 radical (unpaired) electrons. The van der Waals surface area contributed by atoms with E-state index in [1.807, 2.05) is 59.4 Å². The summed E-state index contributed by atoms with van der Waals surface area (Å²) in [7, 11) is 1.93. The van der Waals surface area contributed by atoms with E-state index in [0.29, 0.717) is 5.92 Å². The first-order valence-electron chi connectivity index (χ1n) is 9.14. The highest BCUT2D eigenvalue weighted by molar-refractivity contribution is 7.13. The minimum atomic E-state index is 0.0166.